The third-order valence-corrected chi connectivity index (χ3v) is 4.10. The van der Waals surface area contributed by atoms with Crippen molar-refractivity contribution < 1.29 is 22.4 Å². The number of aromatic amines is 1. The van der Waals surface area contributed by atoms with Crippen LogP contribution in [0.1, 0.15) is 34.1 Å². The molecule has 0 saturated carbocycles. The van der Waals surface area contributed by atoms with E-state index in [1.807, 2.05) is 0 Å². The molecule has 1 amide bonds. The van der Waals surface area contributed by atoms with Crippen molar-refractivity contribution in [2.45, 2.75) is 18.6 Å². The summed E-state index contributed by atoms with van der Waals surface area (Å²) in [5.41, 5.74) is -1.18. The lowest BCUT2D eigenvalue weighted by atomic mass is 10.0. The van der Waals surface area contributed by atoms with Crippen LogP contribution in [0.4, 0.5) is 23.5 Å². The summed E-state index contributed by atoms with van der Waals surface area (Å²) in [6.45, 7) is 0. The Morgan fingerprint density at radius 3 is 2.50 bits per heavy atom. The molecular weight excluding hydrogens is 380 g/mol. The Labute approximate surface area is 156 Å². The summed E-state index contributed by atoms with van der Waals surface area (Å²) in [7, 11) is 3.26. The zero-order valence-electron chi connectivity index (χ0n) is 14.9. The van der Waals surface area contributed by atoms with Gasteiger partial charge < -0.3 is 10.2 Å². The average molecular weight is 396 g/mol. The van der Waals surface area contributed by atoms with Crippen molar-refractivity contribution in [3.8, 4) is 0 Å². The predicted molar refractivity (Wildman–Crippen MR) is 93.5 cm³/mol. The largest absolute Gasteiger partial charge is 0.419 e. The van der Waals surface area contributed by atoms with E-state index in [1.54, 1.807) is 20.2 Å². The Hall–Kier alpha value is -3.17. The highest BCUT2D eigenvalue weighted by Gasteiger charge is 2.35. The van der Waals surface area contributed by atoms with E-state index in [9.17, 15) is 27.2 Å². The van der Waals surface area contributed by atoms with Gasteiger partial charge in [0.05, 0.1) is 11.6 Å². The van der Waals surface area contributed by atoms with Crippen LogP contribution in [0.3, 0.4) is 0 Å². The molecule has 28 heavy (non-hydrogen) atoms. The standard InChI is InChI=1S/C18H16F4N4O2/c1-26(2)17-23-13(8-14(27)24-17)16(28)25-15(9-3-4-9)10-5-6-11(12(19)7-10)18(20,21)22/h3,5-8,15H,4H2,1-2H3,(H,25,28)(H,23,24,27)/t15-/m1/s1. The van der Waals surface area contributed by atoms with Crippen molar-refractivity contribution in [2.24, 2.45) is 0 Å². The van der Waals surface area contributed by atoms with Crippen LogP contribution >= 0.6 is 0 Å². The SMILES string of the molecule is CN(C)c1nc(C(=O)N[C@H](C2=CC2)c2ccc(C(F)(F)F)c(F)c2)cc(=O)[nH]1. The van der Waals surface area contributed by atoms with Crippen LogP contribution in [0.2, 0.25) is 0 Å². The first kappa shape index (κ1) is 19.6. The first-order valence-electron chi connectivity index (χ1n) is 8.21. The molecule has 1 heterocycles. The van der Waals surface area contributed by atoms with Gasteiger partial charge in [-0.15, -0.1) is 0 Å². The first-order valence-corrected chi connectivity index (χ1v) is 8.21. The number of hydrogen-bond acceptors (Lipinski definition) is 4. The number of alkyl halides is 3. The average Bonchev–Trinajstić information content (AvgIpc) is 3.42. The molecule has 10 heteroatoms. The third kappa shape index (κ3) is 4.21. The number of amides is 1. The Kier molecular flexibility index (Phi) is 4.97. The summed E-state index contributed by atoms with van der Waals surface area (Å²) in [5, 5.41) is 2.60. The lowest BCUT2D eigenvalue weighted by molar-refractivity contribution is -0.140. The van der Waals surface area contributed by atoms with Crippen molar-refractivity contribution in [3.63, 3.8) is 0 Å². The maximum Gasteiger partial charge on any atom is 0.419 e. The first-order chi connectivity index (χ1) is 13.1. The van der Waals surface area contributed by atoms with Crippen LogP contribution in [-0.2, 0) is 6.18 Å². The van der Waals surface area contributed by atoms with E-state index in [1.165, 1.54) is 4.90 Å². The molecule has 1 aliphatic rings. The van der Waals surface area contributed by atoms with E-state index in [2.05, 4.69) is 15.3 Å². The molecule has 1 aromatic carbocycles. The van der Waals surface area contributed by atoms with Crippen LogP contribution < -0.4 is 15.8 Å². The molecule has 0 aliphatic heterocycles. The van der Waals surface area contributed by atoms with Crippen LogP contribution in [0.5, 0.6) is 0 Å². The van der Waals surface area contributed by atoms with Gasteiger partial charge in [-0.25, -0.2) is 9.37 Å². The van der Waals surface area contributed by atoms with Crippen molar-refractivity contribution in [3.05, 3.63) is 68.9 Å². The normalized spacial score (nSPS) is 14.3. The number of H-pyrrole nitrogens is 1. The zero-order valence-corrected chi connectivity index (χ0v) is 14.9. The van der Waals surface area contributed by atoms with Crippen molar-refractivity contribution in [1.82, 2.24) is 15.3 Å². The molecule has 148 valence electrons. The number of hydrogen-bond donors (Lipinski definition) is 2. The summed E-state index contributed by atoms with van der Waals surface area (Å²) in [6, 6.07) is 2.71. The molecule has 0 unspecified atom stereocenters. The fourth-order valence-corrected chi connectivity index (χ4v) is 2.60. The second-order valence-corrected chi connectivity index (χ2v) is 6.48. The van der Waals surface area contributed by atoms with E-state index in [0.717, 1.165) is 23.8 Å². The maximum atomic E-state index is 13.9. The van der Waals surface area contributed by atoms with Gasteiger partial charge in [-0.1, -0.05) is 12.1 Å². The highest BCUT2D eigenvalue weighted by Crippen LogP contribution is 2.37. The van der Waals surface area contributed by atoms with Gasteiger partial charge >= 0.3 is 6.18 Å². The molecule has 0 spiro atoms. The van der Waals surface area contributed by atoms with Gasteiger partial charge in [0.1, 0.15) is 11.5 Å². The van der Waals surface area contributed by atoms with Crippen LogP contribution in [0.25, 0.3) is 0 Å². The predicted octanol–water partition coefficient (Wildman–Crippen LogP) is 2.80. The quantitative estimate of drug-likeness (QED) is 0.602. The molecule has 3 rings (SSSR count). The van der Waals surface area contributed by atoms with E-state index < -0.39 is 35.1 Å². The second-order valence-electron chi connectivity index (χ2n) is 6.48. The molecule has 0 saturated heterocycles. The number of aromatic nitrogens is 2. The monoisotopic (exact) mass is 396 g/mol. The molecule has 0 radical (unpaired) electrons. The second kappa shape index (κ2) is 7.10. The summed E-state index contributed by atoms with van der Waals surface area (Å²) >= 11 is 0. The van der Waals surface area contributed by atoms with Gasteiger partial charge in [-0.05, 0) is 29.7 Å². The van der Waals surface area contributed by atoms with Gasteiger partial charge in [0.25, 0.3) is 11.5 Å². The number of rotatable bonds is 5. The molecule has 1 aromatic heterocycles. The Balaban J connectivity index is 1.89. The highest BCUT2D eigenvalue weighted by molar-refractivity contribution is 5.93. The smallest absolute Gasteiger partial charge is 0.348 e. The van der Waals surface area contributed by atoms with Gasteiger partial charge in [0.15, 0.2) is 0 Å². The number of allylic oxidation sites excluding steroid dienone is 1. The van der Waals surface area contributed by atoms with E-state index in [-0.39, 0.29) is 17.2 Å². The molecule has 6 nitrogen and oxygen atoms in total. The van der Waals surface area contributed by atoms with Crippen molar-refractivity contribution in [1.29, 1.82) is 0 Å². The number of carbonyl (C=O) groups excluding carboxylic acids is 1. The minimum absolute atomic E-state index is 0.161. The van der Waals surface area contributed by atoms with Crippen LogP contribution in [0, 0.1) is 5.82 Å². The number of anilines is 1. The molecule has 0 bridgehead atoms. The number of halogens is 4. The van der Waals surface area contributed by atoms with E-state index >= 15 is 0 Å². The van der Waals surface area contributed by atoms with Crippen molar-refractivity contribution >= 4 is 11.9 Å². The molecule has 0 fully saturated rings. The fraction of sp³-hybridized carbons (Fsp3) is 0.278. The van der Waals surface area contributed by atoms with E-state index in [4.69, 9.17) is 0 Å². The minimum atomic E-state index is -4.81. The number of nitrogens with one attached hydrogen (secondary N) is 2. The zero-order chi connectivity index (χ0) is 20.6. The van der Waals surface area contributed by atoms with Gasteiger partial charge in [-0.3, -0.25) is 14.6 Å². The maximum absolute atomic E-state index is 13.9. The highest BCUT2D eigenvalue weighted by atomic mass is 19.4. The summed E-state index contributed by atoms with van der Waals surface area (Å²) in [4.78, 5) is 32.3. The Morgan fingerprint density at radius 2 is 1.96 bits per heavy atom. The topological polar surface area (TPSA) is 78.1 Å². The Bertz CT molecular complexity index is 1010. The van der Waals surface area contributed by atoms with Crippen molar-refractivity contribution in [2.75, 3.05) is 19.0 Å². The lowest BCUT2D eigenvalue weighted by Gasteiger charge is -2.19. The summed E-state index contributed by atoms with van der Waals surface area (Å²) in [6.07, 6.45) is -2.51. The molecule has 2 aromatic rings. The summed E-state index contributed by atoms with van der Waals surface area (Å²) in [5.74, 6) is -1.96. The third-order valence-electron chi connectivity index (χ3n) is 4.10. The number of benzene rings is 1. The van der Waals surface area contributed by atoms with Gasteiger partial charge in [0.2, 0.25) is 5.95 Å². The minimum Gasteiger partial charge on any atom is -0.348 e. The van der Waals surface area contributed by atoms with Crippen LogP contribution in [0.15, 0.2) is 40.7 Å². The van der Waals surface area contributed by atoms with Crippen LogP contribution in [-0.4, -0.2) is 30.0 Å². The summed E-state index contributed by atoms with van der Waals surface area (Å²) < 4.78 is 52.2. The van der Waals surface area contributed by atoms with Gasteiger partial charge in [0, 0.05) is 20.2 Å². The fourth-order valence-electron chi connectivity index (χ4n) is 2.60. The molecule has 1 aliphatic carbocycles. The van der Waals surface area contributed by atoms with Gasteiger partial charge in [-0.2, -0.15) is 13.2 Å². The molecule has 1 atom stereocenters. The lowest BCUT2D eigenvalue weighted by Crippen LogP contribution is -2.31. The molecule has 2 N–H and O–H groups in total. The molecular formula is C18H16F4N4O2. The Morgan fingerprint density at radius 1 is 1.29 bits per heavy atom. The van der Waals surface area contributed by atoms with E-state index in [0.29, 0.717) is 12.5 Å². The number of carbonyl (C=O) groups is 1. The number of nitrogens with zero attached hydrogens (tertiary/aromatic N) is 2.